The average Bonchev–Trinajstić information content (AvgIpc) is 2.78. The first-order valence-electron chi connectivity index (χ1n) is 6.20. The van der Waals surface area contributed by atoms with Crippen LogP contribution < -0.4 is 5.32 Å². The number of furan rings is 1. The summed E-state index contributed by atoms with van der Waals surface area (Å²) in [5.41, 5.74) is 1.05. The molecule has 1 aromatic carbocycles. The maximum absolute atomic E-state index is 5.86. The summed E-state index contributed by atoms with van der Waals surface area (Å²) in [5.74, 6) is 2.49. The molecule has 19 heavy (non-hydrogen) atoms. The van der Waals surface area contributed by atoms with Crippen LogP contribution in [0.1, 0.15) is 19.6 Å². The molecule has 4 heteroatoms. The fourth-order valence-corrected chi connectivity index (χ4v) is 1.85. The van der Waals surface area contributed by atoms with Gasteiger partial charge in [-0.1, -0.05) is 25.4 Å². The van der Waals surface area contributed by atoms with Gasteiger partial charge in [0.25, 0.3) is 0 Å². The number of hydrogen-bond donors (Lipinski definition) is 1. The van der Waals surface area contributed by atoms with Crippen molar-refractivity contribution >= 4 is 24.0 Å². The van der Waals surface area contributed by atoms with E-state index in [1.807, 2.05) is 36.4 Å². The van der Waals surface area contributed by atoms with Crippen molar-refractivity contribution in [1.29, 1.82) is 0 Å². The zero-order chi connectivity index (χ0) is 13.0. The van der Waals surface area contributed by atoms with E-state index in [4.69, 9.17) is 16.0 Å². The largest absolute Gasteiger partial charge is 0.460 e. The van der Waals surface area contributed by atoms with Crippen LogP contribution in [0.15, 0.2) is 40.8 Å². The highest BCUT2D eigenvalue weighted by Gasteiger charge is 2.04. The smallest absolute Gasteiger partial charge is 0.134 e. The Morgan fingerprint density at radius 2 is 1.79 bits per heavy atom. The van der Waals surface area contributed by atoms with Crippen LogP contribution in [0.25, 0.3) is 11.3 Å². The van der Waals surface area contributed by atoms with Crippen molar-refractivity contribution in [2.75, 3.05) is 6.54 Å². The second-order valence-electron chi connectivity index (χ2n) is 4.80. The van der Waals surface area contributed by atoms with E-state index in [-0.39, 0.29) is 12.4 Å². The third kappa shape index (κ3) is 4.90. The monoisotopic (exact) mass is 299 g/mol. The van der Waals surface area contributed by atoms with Crippen LogP contribution in [0.5, 0.6) is 0 Å². The molecule has 2 nitrogen and oxygen atoms in total. The molecule has 0 saturated carbocycles. The van der Waals surface area contributed by atoms with Crippen molar-refractivity contribution in [3.8, 4) is 11.3 Å². The van der Waals surface area contributed by atoms with Crippen LogP contribution >= 0.6 is 24.0 Å². The Labute approximate surface area is 125 Å². The molecule has 104 valence electrons. The maximum Gasteiger partial charge on any atom is 0.134 e. The minimum atomic E-state index is 0. The van der Waals surface area contributed by atoms with Crippen LogP contribution in [0.3, 0.4) is 0 Å². The maximum atomic E-state index is 5.86. The Balaban J connectivity index is 0.00000180. The van der Waals surface area contributed by atoms with Crippen LogP contribution in [0, 0.1) is 5.92 Å². The minimum absolute atomic E-state index is 0. The molecule has 0 unspecified atom stereocenters. The molecule has 0 spiro atoms. The number of rotatable bonds is 5. The van der Waals surface area contributed by atoms with Crippen LogP contribution in [0.2, 0.25) is 5.02 Å². The molecule has 2 rings (SSSR count). The molecule has 0 saturated heterocycles. The van der Waals surface area contributed by atoms with Gasteiger partial charge in [-0.2, -0.15) is 0 Å². The van der Waals surface area contributed by atoms with Crippen LogP contribution in [-0.2, 0) is 6.54 Å². The highest BCUT2D eigenvalue weighted by atomic mass is 35.5. The molecule has 0 fully saturated rings. The molecule has 2 aromatic rings. The van der Waals surface area contributed by atoms with E-state index < -0.39 is 0 Å². The van der Waals surface area contributed by atoms with E-state index in [1.165, 1.54) is 0 Å². The quantitative estimate of drug-likeness (QED) is 0.860. The molecule has 0 radical (unpaired) electrons. The van der Waals surface area contributed by atoms with Gasteiger partial charge >= 0.3 is 0 Å². The molecule has 1 aromatic heterocycles. The normalized spacial score (nSPS) is 10.5. The topological polar surface area (TPSA) is 25.2 Å². The summed E-state index contributed by atoms with van der Waals surface area (Å²) >= 11 is 5.86. The summed E-state index contributed by atoms with van der Waals surface area (Å²) in [5, 5.41) is 4.10. The molecule has 0 amide bonds. The second kappa shape index (κ2) is 7.59. The van der Waals surface area contributed by atoms with E-state index in [9.17, 15) is 0 Å². The fraction of sp³-hybridized carbons (Fsp3) is 0.333. The highest BCUT2D eigenvalue weighted by Crippen LogP contribution is 2.23. The molecule has 0 aliphatic carbocycles. The summed E-state index contributed by atoms with van der Waals surface area (Å²) in [6.45, 7) is 6.14. The number of nitrogens with one attached hydrogen (secondary N) is 1. The molecule has 0 atom stereocenters. The van der Waals surface area contributed by atoms with Gasteiger partial charge in [-0.3, -0.25) is 0 Å². The summed E-state index contributed by atoms with van der Waals surface area (Å²) in [6, 6.07) is 11.7. The lowest BCUT2D eigenvalue weighted by Gasteiger charge is -2.05. The van der Waals surface area contributed by atoms with Crippen molar-refractivity contribution in [3.63, 3.8) is 0 Å². The number of benzene rings is 1. The van der Waals surface area contributed by atoms with Crippen molar-refractivity contribution in [2.24, 2.45) is 5.92 Å². The Morgan fingerprint density at radius 3 is 2.42 bits per heavy atom. The van der Waals surface area contributed by atoms with Gasteiger partial charge in [0.05, 0.1) is 6.54 Å². The van der Waals surface area contributed by atoms with Crippen LogP contribution in [-0.4, -0.2) is 6.54 Å². The van der Waals surface area contributed by atoms with Gasteiger partial charge in [0, 0.05) is 10.6 Å². The van der Waals surface area contributed by atoms with Gasteiger partial charge in [0.2, 0.25) is 0 Å². The lowest BCUT2D eigenvalue weighted by Crippen LogP contribution is -2.18. The lowest BCUT2D eigenvalue weighted by molar-refractivity contribution is 0.472. The van der Waals surface area contributed by atoms with Crippen molar-refractivity contribution in [1.82, 2.24) is 5.32 Å². The van der Waals surface area contributed by atoms with Gasteiger partial charge in [0.15, 0.2) is 0 Å². The molecular weight excluding hydrogens is 281 g/mol. The summed E-state index contributed by atoms with van der Waals surface area (Å²) in [6.07, 6.45) is 0. The zero-order valence-corrected chi connectivity index (χ0v) is 12.7. The SMILES string of the molecule is CC(C)CNCc1ccc(-c2ccc(Cl)cc2)o1.Cl. The second-order valence-corrected chi connectivity index (χ2v) is 5.23. The predicted molar refractivity (Wildman–Crippen MR) is 82.9 cm³/mol. The Hall–Kier alpha value is -0.960. The minimum Gasteiger partial charge on any atom is -0.460 e. The van der Waals surface area contributed by atoms with Gasteiger partial charge in [-0.05, 0) is 48.9 Å². The summed E-state index contributed by atoms with van der Waals surface area (Å²) < 4.78 is 5.79. The van der Waals surface area contributed by atoms with E-state index in [2.05, 4.69) is 19.2 Å². The Morgan fingerprint density at radius 1 is 1.11 bits per heavy atom. The zero-order valence-electron chi connectivity index (χ0n) is 11.2. The third-order valence-corrected chi connectivity index (χ3v) is 2.89. The summed E-state index contributed by atoms with van der Waals surface area (Å²) in [7, 11) is 0. The standard InChI is InChI=1S/C15H18ClNO.ClH/c1-11(2)9-17-10-14-7-8-15(18-14)12-3-5-13(16)6-4-12;/h3-8,11,17H,9-10H2,1-2H3;1H. The third-order valence-electron chi connectivity index (χ3n) is 2.64. The highest BCUT2D eigenvalue weighted by molar-refractivity contribution is 6.30. The van der Waals surface area contributed by atoms with E-state index in [0.717, 1.165) is 35.2 Å². The predicted octanol–water partition coefficient (Wildman–Crippen LogP) is 4.77. The lowest BCUT2D eigenvalue weighted by atomic mass is 10.2. The first-order chi connectivity index (χ1) is 8.65. The Bertz CT molecular complexity index is 491. The molecule has 0 aliphatic heterocycles. The molecule has 0 bridgehead atoms. The molecule has 1 heterocycles. The van der Waals surface area contributed by atoms with Crippen molar-refractivity contribution in [3.05, 3.63) is 47.2 Å². The van der Waals surface area contributed by atoms with E-state index >= 15 is 0 Å². The van der Waals surface area contributed by atoms with Crippen molar-refractivity contribution in [2.45, 2.75) is 20.4 Å². The van der Waals surface area contributed by atoms with E-state index in [1.54, 1.807) is 0 Å². The van der Waals surface area contributed by atoms with Crippen molar-refractivity contribution < 1.29 is 4.42 Å². The number of hydrogen-bond acceptors (Lipinski definition) is 2. The van der Waals surface area contributed by atoms with Gasteiger partial charge in [-0.25, -0.2) is 0 Å². The fourth-order valence-electron chi connectivity index (χ4n) is 1.73. The first-order valence-corrected chi connectivity index (χ1v) is 6.58. The van der Waals surface area contributed by atoms with Gasteiger partial charge in [0.1, 0.15) is 11.5 Å². The molecule has 1 N–H and O–H groups in total. The average molecular weight is 300 g/mol. The van der Waals surface area contributed by atoms with Gasteiger partial charge in [-0.15, -0.1) is 12.4 Å². The molecular formula is C15H19Cl2NO. The van der Waals surface area contributed by atoms with Gasteiger partial charge < -0.3 is 9.73 Å². The Kier molecular flexibility index (Phi) is 6.43. The van der Waals surface area contributed by atoms with Crippen LogP contribution in [0.4, 0.5) is 0 Å². The first kappa shape index (κ1) is 16.1. The molecule has 0 aliphatic rings. The summed E-state index contributed by atoms with van der Waals surface area (Å²) in [4.78, 5) is 0. The number of halogens is 2. The van der Waals surface area contributed by atoms with E-state index in [0.29, 0.717) is 5.92 Å².